The van der Waals surface area contributed by atoms with Gasteiger partial charge in [0.25, 0.3) is 5.56 Å². The molecule has 4 rings (SSSR count). The average Bonchev–Trinajstić information content (AvgIpc) is 2.93. The summed E-state index contributed by atoms with van der Waals surface area (Å²) in [5, 5.41) is 8.66. The Morgan fingerprint density at radius 3 is 2.19 bits per heavy atom. The van der Waals surface area contributed by atoms with E-state index in [9.17, 15) is 14.4 Å². The van der Waals surface area contributed by atoms with Gasteiger partial charge in [-0.15, -0.1) is 0 Å². The first kappa shape index (κ1) is 26.4. The van der Waals surface area contributed by atoms with Crippen LogP contribution in [-0.4, -0.2) is 36.0 Å². The van der Waals surface area contributed by atoms with Crippen LogP contribution in [0.5, 0.6) is 0 Å². The molecular weight excluding hydrogens is 464 g/mol. The van der Waals surface area contributed by atoms with E-state index in [-0.39, 0.29) is 35.5 Å². The molecule has 7 heteroatoms. The minimum absolute atomic E-state index is 0.0617. The molecule has 0 radical (unpaired) electrons. The zero-order valence-corrected chi connectivity index (χ0v) is 21.6. The largest absolute Gasteiger partial charge is 0.355 e. The minimum atomic E-state index is -0.436. The van der Waals surface area contributed by atoms with Crippen LogP contribution in [0.2, 0.25) is 0 Å². The highest BCUT2D eigenvalue weighted by atomic mass is 16.2. The molecule has 1 heterocycles. The Kier molecular flexibility index (Phi) is 8.90. The van der Waals surface area contributed by atoms with E-state index in [4.69, 9.17) is 0 Å². The van der Waals surface area contributed by atoms with E-state index in [0.29, 0.717) is 6.54 Å². The molecule has 0 fully saturated rings. The Bertz CT molecular complexity index is 1230. The first-order valence-corrected chi connectivity index (χ1v) is 13.1. The zero-order chi connectivity index (χ0) is 26.2. The number of nitrogens with one attached hydrogen (secondary N) is 3. The highest BCUT2D eigenvalue weighted by molar-refractivity contribution is 5.94. The summed E-state index contributed by atoms with van der Waals surface area (Å²) in [6.07, 6.45) is 4.33. The molecular formula is C30H36N4O3. The third-order valence-electron chi connectivity index (χ3n) is 7.15. The van der Waals surface area contributed by atoms with Gasteiger partial charge in [0, 0.05) is 18.2 Å². The van der Waals surface area contributed by atoms with Crippen LogP contribution in [0.4, 0.5) is 5.69 Å². The number of fused-ring (bicyclic) bond motifs is 1. The van der Waals surface area contributed by atoms with E-state index in [1.54, 1.807) is 24.6 Å². The van der Waals surface area contributed by atoms with Crippen molar-refractivity contribution in [2.45, 2.75) is 57.5 Å². The van der Waals surface area contributed by atoms with Crippen molar-refractivity contribution in [2.24, 2.45) is 0 Å². The van der Waals surface area contributed by atoms with E-state index in [1.807, 2.05) is 36.4 Å². The summed E-state index contributed by atoms with van der Waals surface area (Å²) in [6.45, 7) is 2.16. The summed E-state index contributed by atoms with van der Waals surface area (Å²) in [5.74, 6) is -0.327. The monoisotopic (exact) mass is 500 g/mol. The molecule has 0 aliphatic heterocycles. The highest BCUT2D eigenvalue weighted by Crippen LogP contribution is 2.27. The lowest BCUT2D eigenvalue weighted by atomic mass is 9.88. The smallest absolute Gasteiger partial charge is 0.275 e. The average molecular weight is 501 g/mol. The fourth-order valence-corrected chi connectivity index (χ4v) is 4.96. The summed E-state index contributed by atoms with van der Waals surface area (Å²) < 4.78 is 1.55. The molecule has 7 nitrogen and oxygen atoms in total. The number of benzene rings is 2. The molecule has 194 valence electrons. The number of amides is 2. The second-order valence-electron chi connectivity index (χ2n) is 9.64. The predicted octanol–water partition coefficient (Wildman–Crippen LogP) is 3.61. The van der Waals surface area contributed by atoms with Crippen molar-refractivity contribution in [3.63, 3.8) is 0 Å². The summed E-state index contributed by atoms with van der Waals surface area (Å²) in [4.78, 5) is 38.8. The van der Waals surface area contributed by atoms with E-state index in [1.165, 1.54) is 11.1 Å². The number of nitrogens with zero attached hydrogens (tertiary/aromatic N) is 1. The van der Waals surface area contributed by atoms with E-state index in [2.05, 4.69) is 40.2 Å². The molecule has 3 N–H and O–H groups in total. The lowest BCUT2D eigenvalue weighted by Crippen LogP contribution is -2.40. The lowest BCUT2D eigenvalue weighted by molar-refractivity contribution is -0.121. The van der Waals surface area contributed by atoms with Gasteiger partial charge in [-0.25, -0.2) is 0 Å². The number of likely N-dealkylation sites (N-methyl/N-ethyl adjacent to an activating group) is 1. The van der Waals surface area contributed by atoms with Gasteiger partial charge in [-0.2, -0.15) is 0 Å². The fraction of sp³-hybridized carbons (Fsp3) is 0.367. The van der Waals surface area contributed by atoms with Crippen molar-refractivity contribution >= 4 is 17.5 Å². The maximum absolute atomic E-state index is 13.3. The summed E-state index contributed by atoms with van der Waals surface area (Å²) in [5.41, 5.74) is 4.23. The van der Waals surface area contributed by atoms with Gasteiger partial charge in [0.2, 0.25) is 11.8 Å². The highest BCUT2D eigenvalue weighted by Gasteiger charge is 2.22. The lowest BCUT2D eigenvalue weighted by Gasteiger charge is -2.23. The standard InChI is InChI=1S/C30H36N4O3/c1-21(31-2)29(36)33-26-19-24-15-9-10-16-27(24)34(30(26)37)20-28(35)32-18-17-25(22-11-5-3-6-12-22)23-13-7-4-8-14-23/h3-8,11-14,19,21,25,31H,9-10,15-18,20H2,1-2H3,(H,32,35)(H,33,36)/t21-/m0/s1. The molecule has 0 unspecified atom stereocenters. The summed E-state index contributed by atoms with van der Waals surface area (Å²) in [7, 11) is 1.69. The van der Waals surface area contributed by atoms with Crippen LogP contribution in [0.3, 0.4) is 0 Å². The molecule has 37 heavy (non-hydrogen) atoms. The van der Waals surface area contributed by atoms with Crippen LogP contribution in [0.15, 0.2) is 71.5 Å². The van der Waals surface area contributed by atoms with Crippen molar-refractivity contribution in [3.05, 3.63) is 99.5 Å². The number of aromatic nitrogens is 1. The number of rotatable bonds is 10. The van der Waals surface area contributed by atoms with Crippen molar-refractivity contribution in [1.29, 1.82) is 0 Å². The van der Waals surface area contributed by atoms with Gasteiger partial charge in [-0.3, -0.25) is 14.4 Å². The number of anilines is 1. The topological polar surface area (TPSA) is 92.2 Å². The quantitative estimate of drug-likeness (QED) is 0.397. The van der Waals surface area contributed by atoms with Crippen LogP contribution in [-0.2, 0) is 29.0 Å². The number of aryl methyl sites for hydroxylation is 1. The van der Waals surface area contributed by atoms with Gasteiger partial charge in [0.15, 0.2) is 0 Å². The van der Waals surface area contributed by atoms with Gasteiger partial charge in [0.05, 0.1) is 6.04 Å². The molecule has 2 amide bonds. The third-order valence-corrected chi connectivity index (χ3v) is 7.15. The van der Waals surface area contributed by atoms with Crippen LogP contribution < -0.4 is 21.5 Å². The third kappa shape index (κ3) is 6.54. The molecule has 0 bridgehead atoms. The van der Waals surface area contributed by atoms with E-state index < -0.39 is 6.04 Å². The molecule has 1 aromatic heterocycles. The second kappa shape index (κ2) is 12.5. The molecule has 2 aromatic carbocycles. The Morgan fingerprint density at radius 1 is 0.946 bits per heavy atom. The number of hydrogen-bond donors (Lipinski definition) is 3. The minimum Gasteiger partial charge on any atom is -0.355 e. The second-order valence-corrected chi connectivity index (χ2v) is 9.64. The van der Waals surface area contributed by atoms with Gasteiger partial charge >= 0.3 is 0 Å². The van der Waals surface area contributed by atoms with Gasteiger partial charge in [-0.1, -0.05) is 60.7 Å². The molecule has 1 aliphatic rings. The van der Waals surface area contributed by atoms with Gasteiger partial charge in [0.1, 0.15) is 12.2 Å². The number of carbonyl (C=O) groups is 2. The number of carbonyl (C=O) groups excluding carboxylic acids is 2. The fourth-order valence-electron chi connectivity index (χ4n) is 4.96. The van der Waals surface area contributed by atoms with E-state index in [0.717, 1.165) is 43.4 Å². The van der Waals surface area contributed by atoms with E-state index >= 15 is 0 Å². The zero-order valence-electron chi connectivity index (χ0n) is 21.6. The Balaban J connectivity index is 1.48. The molecule has 0 saturated carbocycles. The number of hydrogen-bond acceptors (Lipinski definition) is 4. The van der Waals surface area contributed by atoms with Crippen molar-refractivity contribution < 1.29 is 9.59 Å². The molecule has 0 saturated heterocycles. The SMILES string of the molecule is CN[C@@H](C)C(=O)Nc1cc2c(n(CC(=O)NCCC(c3ccccc3)c3ccccc3)c1=O)CCCC2. The van der Waals surface area contributed by atoms with Crippen molar-refractivity contribution in [2.75, 3.05) is 18.9 Å². The molecule has 3 aromatic rings. The first-order chi connectivity index (χ1) is 18.0. The van der Waals surface area contributed by atoms with Crippen LogP contribution in [0.1, 0.15) is 54.5 Å². The predicted molar refractivity (Wildman–Crippen MR) is 147 cm³/mol. The maximum Gasteiger partial charge on any atom is 0.275 e. The van der Waals surface area contributed by atoms with Crippen molar-refractivity contribution in [3.8, 4) is 0 Å². The van der Waals surface area contributed by atoms with Crippen LogP contribution in [0, 0.1) is 0 Å². The summed E-state index contributed by atoms with van der Waals surface area (Å²) in [6, 6.07) is 21.9. The molecule has 1 aliphatic carbocycles. The van der Waals surface area contributed by atoms with Gasteiger partial charge < -0.3 is 20.5 Å². The Morgan fingerprint density at radius 2 is 1.57 bits per heavy atom. The normalized spacial score (nSPS) is 13.6. The number of pyridine rings is 1. The Hall–Kier alpha value is -3.71. The van der Waals surface area contributed by atoms with Gasteiger partial charge in [-0.05, 0) is 68.8 Å². The summed E-state index contributed by atoms with van der Waals surface area (Å²) >= 11 is 0. The Labute approximate surface area is 218 Å². The molecule has 1 atom stereocenters. The van der Waals surface area contributed by atoms with Crippen molar-refractivity contribution in [1.82, 2.24) is 15.2 Å². The maximum atomic E-state index is 13.3. The van der Waals surface area contributed by atoms with Crippen LogP contribution >= 0.6 is 0 Å². The molecule has 0 spiro atoms. The van der Waals surface area contributed by atoms with Crippen LogP contribution in [0.25, 0.3) is 0 Å². The first-order valence-electron chi connectivity index (χ1n) is 13.1.